The summed E-state index contributed by atoms with van der Waals surface area (Å²) in [5.74, 6) is -0.865. The summed E-state index contributed by atoms with van der Waals surface area (Å²) in [6.45, 7) is 5.72. The van der Waals surface area contributed by atoms with E-state index in [1.165, 1.54) is 0 Å². The molecule has 1 amide bonds. The Bertz CT molecular complexity index is 656. The van der Waals surface area contributed by atoms with Gasteiger partial charge < -0.3 is 10.1 Å². The summed E-state index contributed by atoms with van der Waals surface area (Å²) in [6, 6.07) is 14.1. The van der Waals surface area contributed by atoms with Gasteiger partial charge in [0.2, 0.25) is 5.91 Å². The second kappa shape index (κ2) is 6.08. The van der Waals surface area contributed by atoms with Crippen LogP contribution in [0.5, 0.6) is 0 Å². The van der Waals surface area contributed by atoms with Gasteiger partial charge in [0.15, 0.2) is 0 Å². The predicted molar refractivity (Wildman–Crippen MR) is 85.1 cm³/mol. The molecule has 21 heavy (non-hydrogen) atoms. The van der Waals surface area contributed by atoms with Crippen LogP contribution < -0.4 is 5.32 Å². The Labute approximate surface area is 125 Å². The van der Waals surface area contributed by atoms with Crippen molar-refractivity contribution in [3.8, 4) is 0 Å². The number of carbonyl (C=O) groups is 2. The molecule has 2 rings (SSSR count). The third kappa shape index (κ3) is 4.15. The van der Waals surface area contributed by atoms with Gasteiger partial charge in [-0.25, -0.2) is 0 Å². The standard InChI is InChI=1S/C18H21NO2/c1-18(2,3)19-17(21)16(12-20)11-13-8-9-14-6-4-5-7-15(14)10-13/h4-10,12,16H,11H2,1-3H3,(H,19,21). The highest BCUT2D eigenvalue weighted by Crippen LogP contribution is 2.18. The summed E-state index contributed by atoms with van der Waals surface area (Å²) < 4.78 is 0. The summed E-state index contributed by atoms with van der Waals surface area (Å²) in [6.07, 6.45) is 1.16. The number of fused-ring (bicyclic) bond motifs is 1. The first-order chi connectivity index (χ1) is 9.89. The summed E-state index contributed by atoms with van der Waals surface area (Å²) >= 11 is 0. The zero-order chi connectivity index (χ0) is 15.5. The fraction of sp³-hybridized carbons (Fsp3) is 0.333. The maximum absolute atomic E-state index is 12.1. The highest BCUT2D eigenvalue weighted by Gasteiger charge is 2.22. The van der Waals surface area contributed by atoms with E-state index in [0.717, 1.165) is 22.6 Å². The number of amides is 1. The van der Waals surface area contributed by atoms with E-state index < -0.39 is 5.92 Å². The van der Waals surface area contributed by atoms with Crippen LogP contribution in [0.25, 0.3) is 10.8 Å². The molecular weight excluding hydrogens is 262 g/mol. The molecule has 1 atom stereocenters. The number of carbonyl (C=O) groups excluding carboxylic acids is 2. The van der Waals surface area contributed by atoms with Crippen LogP contribution >= 0.6 is 0 Å². The Balaban J connectivity index is 2.16. The number of aldehydes is 1. The van der Waals surface area contributed by atoms with E-state index in [0.29, 0.717) is 6.42 Å². The third-order valence-corrected chi connectivity index (χ3v) is 3.27. The highest BCUT2D eigenvalue weighted by molar-refractivity contribution is 5.92. The molecule has 0 aliphatic carbocycles. The molecule has 0 saturated heterocycles. The van der Waals surface area contributed by atoms with Crippen LogP contribution in [0.4, 0.5) is 0 Å². The lowest BCUT2D eigenvalue weighted by Crippen LogP contribution is -2.44. The zero-order valence-electron chi connectivity index (χ0n) is 12.7. The molecule has 0 bridgehead atoms. The van der Waals surface area contributed by atoms with Crippen LogP contribution in [-0.4, -0.2) is 17.7 Å². The molecule has 110 valence electrons. The number of hydrogen-bond acceptors (Lipinski definition) is 2. The van der Waals surface area contributed by atoms with Gasteiger partial charge in [0, 0.05) is 5.54 Å². The molecule has 3 nitrogen and oxygen atoms in total. The molecular formula is C18H21NO2. The predicted octanol–water partition coefficient (Wildman–Crippen LogP) is 3.11. The lowest BCUT2D eigenvalue weighted by Gasteiger charge is -2.22. The first kappa shape index (κ1) is 15.2. The summed E-state index contributed by atoms with van der Waals surface area (Å²) in [4.78, 5) is 23.4. The van der Waals surface area contributed by atoms with Crippen molar-refractivity contribution in [3.05, 3.63) is 48.0 Å². The average Bonchev–Trinajstić information content (AvgIpc) is 2.42. The van der Waals surface area contributed by atoms with E-state index in [4.69, 9.17) is 0 Å². The van der Waals surface area contributed by atoms with E-state index in [1.54, 1.807) is 0 Å². The molecule has 1 unspecified atom stereocenters. The molecule has 3 heteroatoms. The van der Waals surface area contributed by atoms with Crippen molar-refractivity contribution in [2.75, 3.05) is 0 Å². The van der Waals surface area contributed by atoms with Crippen LogP contribution in [-0.2, 0) is 16.0 Å². The minimum absolute atomic E-state index is 0.217. The molecule has 2 aromatic rings. The van der Waals surface area contributed by atoms with Gasteiger partial charge in [-0.05, 0) is 43.5 Å². The van der Waals surface area contributed by atoms with Crippen molar-refractivity contribution >= 4 is 23.0 Å². The van der Waals surface area contributed by atoms with Gasteiger partial charge in [0.05, 0.1) is 5.92 Å². The van der Waals surface area contributed by atoms with Crippen LogP contribution in [0.3, 0.4) is 0 Å². The molecule has 0 aliphatic heterocycles. The van der Waals surface area contributed by atoms with Crippen molar-refractivity contribution in [3.63, 3.8) is 0 Å². The highest BCUT2D eigenvalue weighted by atomic mass is 16.2. The van der Waals surface area contributed by atoms with Crippen molar-refractivity contribution in [1.82, 2.24) is 5.32 Å². The van der Waals surface area contributed by atoms with Crippen LogP contribution in [0.1, 0.15) is 26.3 Å². The fourth-order valence-corrected chi connectivity index (χ4v) is 2.28. The Morgan fingerprint density at radius 2 is 1.81 bits per heavy atom. The van der Waals surface area contributed by atoms with Crippen LogP contribution in [0.2, 0.25) is 0 Å². The molecule has 0 radical (unpaired) electrons. The Kier molecular flexibility index (Phi) is 4.41. The molecule has 0 saturated carbocycles. The maximum atomic E-state index is 12.1. The Morgan fingerprint density at radius 1 is 1.14 bits per heavy atom. The molecule has 0 aliphatic rings. The first-order valence-electron chi connectivity index (χ1n) is 7.14. The monoisotopic (exact) mass is 283 g/mol. The third-order valence-electron chi connectivity index (χ3n) is 3.27. The van der Waals surface area contributed by atoms with E-state index in [9.17, 15) is 9.59 Å². The van der Waals surface area contributed by atoms with Gasteiger partial charge in [-0.3, -0.25) is 4.79 Å². The average molecular weight is 283 g/mol. The van der Waals surface area contributed by atoms with E-state index in [1.807, 2.05) is 63.2 Å². The van der Waals surface area contributed by atoms with Gasteiger partial charge in [-0.2, -0.15) is 0 Å². The SMILES string of the molecule is CC(C)(C)NC(=O)C(C=O)Cc1ccc2ccccc2c1. The largest absolute Gasteiger partial charge is 0.351 e. The van der Waals surface area contributed by atoms with Gasteiger partial charge in [0.1, 0.15) is 6.29 Å². The van der Waals surface area contributed by atoms with Crippen molar-refractivity contribution < 1.29 is 9.59 Å². The van der Waals surface area contributed by atoms with Gasteiger partial charge in [0.25, 0.3) is 0 Å². The van der Waals surface area contributed by atoms with Gasteiger partial charge >= 0.3 is 0 Å². The van der Waals surface area contributed by atoms with Gasteiger partial charge in [-0.15, -0.1) is 0 Å². The van der Waals surface area contributed by atoms with Gasteiger partial charge in [-0.1, -0.05) is 42.5 Å². The number of rotatable bonds is 4. The molecule has 0 fully saturated rings. The maximum Gasteiger partial charge on any atom is 0.231 e. The van der Waals surface area contributed by atoms with Crippen LogP contribution in [0, 0.1) is 5.92 Å². The van der Waals surface area contributed by atoms with Crippen molar-refractivity contribution in [2.45, 2.75) is 32.7 Å². The minimum Gasteiger partial charge on any atom is -0.351 e. The Morgan fingerprint density at radius 3 is 2.43 bits per heavy atom. The van der Waals surface area contributed by atoms with Crippen molar-refractivity contribution in [2.24, 2.45) is 5.92 Å². The second-order valence-electron chi connectivity index (χ2n) is 6.37. The molecule has 0 aromatic heterocycles. The van der Waals surface area contributed by atoms with E-state index >= 15 is 0 Å². The number of nitrogens with one attached hydrogen (secondary N) is 1. The van der Waals surface area contributed by atoms with Crippen LogP contribution in [0.15, 0.2) is 42.5 Å². The van der Waals surface area contributed by atoms with E-state index in [2.05, 4.69) is 5.32 Å². The quantitative estimate of drug-likeness (QED) is 0.692. The second-order valence-corrected chi connectivity index (χ2v) is 6.37. The number of benzene rings is 2. The molecule has 2 aromatic carbocycles. The summed E-state index contributed by atoms with van der Waals surface area (Å²) in [7, 11) is 0. The van der Waals surface area contributed by atoms with E-state index in [-0.39, 0.29) is 11.4 Å². The fourth-order valence-electron chi connectivity index (χ4n) is 2.28. The first-order valence-corrected chi connectivity index (χ1v) is 7.14. The molecule has 0 heterocycles. The lowest BCUT2D eigenvalue weighted by atomic mass is 9.96. The topological polar surface area (TPSA) is 46.2 Å². The molecule has 0 spiro atoms. The minimum atomic E-state index is -0.648. The smallest absolute Gasteiger partial charge is 0.231 e. The lowest BCUT2D eigenvalue weighted by molar-refractivity contribution is -0.130. The molecule has 1 N–H and O–H groups in total. The number of hydrogen-bond donors (Lipinski definition) is 1. The zero-order valence-corrected chi connectivity index (χ0v) is 12.7. The Hall–Kier alpha value is -2.16. The summed E-state index contributed by atoms with van der Waals surface area (Å²) in [5, 5.41) is 5.13. The normalized spacial score (nSPS) is 12.9. The summed E-state index contributed by atoms with van der Waals surface area (Å²) in [5.41, 5.74) is 0.664. The van der Waals surface area contributed by atoms with Crippen molar-refractivity contribution in [1.29, 1.82) is 0 Å².